The van der Waals surface area contributed by atoms with E-state index in [1.54, 1.807) is 30.3 Å². The first-order chi connectivity index (χ1) is 8.66. The van der Waals surface area contributed by atoms with Crippen LogP contribution < -0.4 is 0 Å². The molecule has 0 N–H and O–H groups in total. The molecule has 0 heterocycles. The SMILES string of the molecule is C=C[C@@H](C1CCCCC1)S(=O)(=O)c1ccccc1. The third-order valence-corrected chi connectivity index (χ3v) is 6.00. The Morgan fingerprint density at radius 2 is 1.72 bits per heavy atom. The van der Waals surface area contributed by atoms with E-state index in [0.29, 0.717) is 4.90 Å². The second-order valence-corrected chi connectivity index (χ2v) is 7.06. The Kier molecular flexibility index (Phi) is 4.23. The molecule has 98 valence electrons. The molecular weight excluding hydrogens is 244 g/mol. The van der Waals surface area contributed by atoms with Crippen molar-refractivity contribution in [2.24, 2.45) is 5.92 Å². The lowest BCUT2D eigenvalue weighted by Crippen LogP contribution is -2.29. The largest absolute Gasteiger partial charge is 0.223 e. The average Bonchev–Trinajstić information content (AvgIpc) is 2.41. The molecule has 1 fully saturated rings. The Morgan fingerprint density at radius 1 is 1.11 bits per heavy atom. The maximum atomic E-state index is 12.6. The summed E-state index contributed by atoms with van der Waals surface area (Å²) in [6.45, 7) is 3.75. The first kappa shape index (κ1) is 13.3. The van der Waals surface area contributed by atoms with Crippen LogP contribution in [0.2, 0.25) is 0 Å². The highest BCUT2D eigenvalue weighted by Crippen LogP contribution is 2.32. The molecule has 0 radical (unpaired) electrons. The highest BCUT2D eigenvalue weighted by Gasteiger charge is 2.32. The highest BCUT2D eigenvalue weighted by molar-refractivity contribution is 7.92. The Hall–Kier alpha value is -1.09. The first-order valence-electron chi connectivity index (χ1n) is 6.58. The fourth-order valence-corrected chi connectivity index (χ4v) is 4.69. The summed E-state index contributed by atoms with van der Waals surface area (Å²) in [4.78, 5) is 0.417. The molecule has 18 heavy (non-hydrogen) atoms. The van der Waals surface area contributed by atoms with Gasteiger partial charge in [-0.05, 0) is 30.9 Å². The number of hydrogen-bond donors (Lipinski definition) is 0. The Labute approximate surface area is 110 Å². The van der Waals surface area contributed by atoms with Gasteiger partial charge in [-0.25, -0.2) is 8.42 Å². The topological polar surface area (TPSA) is 34.1 Å². The maximum Gasteiger partial charge on any atom is 0.185 e. The van der Waals surface area contributed by atoms with Gasteiger partial charge in [-0.1, -0.05) is 43.5 Å². The van der Waals surface area contributed by atoms with E-state index in [2.05, 4.69) is 6.58 Å². The van der Waals surface area contributed by atoms with Crippen LogP contribution in [0.1, 0.15) is 32.1 Å². The standard InChI is InChI=1S/C15H20O2S/c1-2-15(13-9-5-3-6-10-13)18(16,17)14-11-7-4-8-12-14/h2,4,7-8,11-13,15H,1,3,5-6,9-10H2/t15-/m0/s1. The molecule has 1 aromatic carbocycles. The van der Waals surface area contributed by atoms with Gasteiger partial charge in [0.1, 0.15) is 0 Å². The van der Waals surface area contributed by atoms with E-state index in [9.17, 15) is 8.42 Å². The summed E-state index contributed by atoms with van der Waals surface area (Å²) in [6.07, 6.45) is 7.13. The van der Waals surface area contributed by atoms with Crippen molar-refractivity contribution < 1.29 is 8.42 Å². The van der Waals surface area contributed by atoms with Crippen LogP contribution in [0.5, 0.6) is 0 Å². The summed E-state index contributed by atoms with van der Waals surface area (Å²) in [5.41, 5.74) is 0. The Bertz CT molecular complexity index is 484. The summed E-state index contributed by atoms with van der Waals surface area (Å²) in [6, 6.07) is 8.73. The minimum absolute atomic E-state index is 0.237. The van der Waals surface area contributed by atoms with E-state index < -0.39 is 15.1 Å². The van der Waals surface area contributed by atoms with Crippen molar-refractivity contribution in [3.63, 3.8) is 0 Å². The van der Waals surface area contributed by atoms with Crippen LogP contribution in [0.4, 0.5) is 0 Å². The van der Waals surface area contributed by atoms with Gasteiger partial charge in [0, 0.05) is 0 Å². The molecule has 1 aromatic rings. The fourth-order valence-electron chi connectivity index (χ4n) is 2.80. The zero-order valence-electron chi connectivity index (χ0n) is 10.6. The normalized spacial score (nSPS) is 19.3. The second-order valence-electron chi connectivity index (χ2n) is 4.96. The van der Waals surface area contributed by atoms with E-state index in [4.69, 9.17) is 0 Å². The Morgan fingerprint density at radius 3 is 2.28 bits per heavy atom. The van der Waals surface area contributed by atoms with Crippen LogP contribution in [0, 0.1) is 5.92 Å². The number of sulfone groups is 1. The minimum Gasteiger partial charge on any atom is -0.223 e. The van der Waals surface area contributed by atoms with Crippen LogP contribution >= 0.6 is 0 Å². The molecule has 0 spiro atoms. The molecule has 2 nitrogen and oxygen atoms in total. The van der Waals surface area contributed by atoms with Crippen molar-refractivity contribution in [1.82, 2.24) is 0 Å². The molecule has 1 aliphatic rings. The molecule has 3 heteroatoms. The minimum atomic E-state index is -3.27. The molecule has 0 saturated heterocycles. The Balaban J connectivity index is 2.29. The zero-order valence-corrected chi connectivity index (χ0v) is 11.4. The van der Waals surface area contributed by atoms with Crippen molar-refractivity contribution >= 4 is 9.84 Å². The number of rotatable bonds is 4. The predicted molar refractivity (Wildman–Crippen MR) is 74.2 cm³/mol. The zero-order chi connectivity index (χ0) is 13.0. The highest BCUT2D eigenvalue weighted by atomic mass is 32.2. The van der Waals surface area contributed by atoms with Crippen LogP contribution in [-0.4, -0.2) is 13.7 Å². The molecule has 0 bridgehead atoms. The van der Waals surface area contributed by atoms with Gasteiger partial charge < -0.3 is 0 Å². The van der Waals surface area contributed by atoms with Crippen LogP contribution in [0.3, 0.4) is 0 Å². The molecule has 0 aliphatic heterocycles. The van der Waals surface area contributed by atoms with Gasteiger partial charge in [-0.2, -0.15) is 0 Å². The molecule has 0 unspecified atom stereocenters. The van der Waals surface area contributed by atoms with Crippen molar-refractivity contribution in [2.45, 2.75) is 42.2 Å². The van der Waals surface area contributed by atoms with Crippen molar-refractivity contribution in [3.05, 3.63) is 43.0 Å². The van der Waals surface area contributed by atoms with Gasteiger partial charge in [0.25, 0.3) is 0 Å². The summed E-state index contributed by atoms with van der Waals surface area (Å²) >= 11 is 0. The quantitative estimate of drug-likeness (QED) is 0.779. The molecule has 0 aromatic heterocycles. The van der Waals surface area contributed by atoms with Crippen LogP contribution in [0.25, 0.3) is 0 Å². The van der Waals surface area contributed by atoms with Gasteiger partial charge in [-0.15, -0.1) is 6.58 Å². The van der Waals surface area contributed by atoms with Gasteiger partial charge >= 0.3 is 0 Å². The van der Waals surface area contributed by atoms with E-state index in [1.807, 2.05) is 6.07 Å². The first-order valence-corrected chi connectivity index (χ1v) is 8.12. The van der Waals surface area contributed by atoms with Crippen molar-refractivity contribution in [3.8, 4) is 0 Å². The molecular formula is C15H20O2S. The lowest BCUT2D eigenvalue weighted by Gasteiger charge is -2.27. The predicted octanol–water partition coefficient (Wildman–Crippen LogP) is 3.60. The summed E-state index contributed by atoms with van der Waals surface area (Å²) in [7, 11) is -3.27. The smallest absolute Gasteiger partial charge is 0.185 e. The molecule has 1 aliphatic carbocycles. The summed E-state index contributed by atoms with van der Waals surface area (Å²) < 4.78 is 25.2. The lowest BCUT2D eigenvalue weighted by atomic mass is 9.87. The summed E-state index contributed by atoms with van der Waals surface area (Å²) in [5, 5.41) is -0.430. The van der Waals surface area contributed by atoms with Gasteiger partial charge in [0.05, 0.1) is 10.1 Å². The van der Waals surface area contributed by atoms with Crippen LogP contribution in [0.15, 0.2) is 47.9 Å². The van der Waals surface area contributed by atoms with E-state index in [-0.39, 0.29) is 5.92 Å². The van der Waals surface area contributed by atoms with E-state index >= 15 is 0 Å². The molecule has 0 amide bonds. The van der Waals surface area contributed by atoms with E-state index in [1.165, 1.54) is 6.42 Å². The van der Waals surface area contributed by atoms with Crippen molar-refractivity contribution in [2.75, 3.05) is 0 Å². The second kappa shape index (κ2) is 5.70. The van der Waals surface area contributed by atoms with Crippen molar-refractivity contribution in [1.29, 1.82) is 0 Å². The molecule has 1 atom stereocenters. The van der Waals surface area contributed by atoms with E-state index in [0.717, 1.165) is 25.7 Å². The van der Waals surface area contributed by atoms with Gasteiger partial charge in [-0.3, -0.25) is 0 Å². The fraction of sp³-hybridized carbons (Fsp3) is 0.467. The van der Waals surface area contributed by atoms with Gasteiger partial charge in [0.15, 0.2) is 9.84 Å². The average molecular weight is 264 g/mol. The molecule has 2 rings (SSSR count). The third kappa shape index (κ3) is 2.66. The number of hydrogen-bond acceptors (Lipinski definition) is 2. The summed E-state index contributed by atoms with van der Waals surface area (Å²) in [5.74, 6) is 0.237. The maximum absolute atomic E-state index is 12.6. The molecule has 1 saturated carbocycles. The van der Waals surface area contributed by atoms with Crippen LogP contribution in [-0.2, 0) is 9.84 Å². The lowest BCUT2D eigenvalue weighted by molar-refractivity contribution is 0.360. The third-order valence-electron chi connectivity index (χ3n) is 3.78. The monoisotopic (exact) mass is 264 g/mol. The van der Waals surface area contributed by atoms with Gasteiger partial charge in [0.2, 0.25) is 0 Å². The number of benzene rings is 1.